The quantitative estimate of drug-likeness (QED) is 0.415. The Kier molecular flexibility index (Phi) is 3.68. The summed E-state index contributed by atoms with van der Waals surface area (Å²) < 4.78 is 40.9. The first-order chi connectivity index (χ1) is 10.5. The molecule has 0 aliphatic heterocycles. The lowest BCUT2D eigenvalue weighted by molar-refractivity contribution is 0.445. The number of allylic oxidation sites excluding steroid dienone is 4. The summed E-state index contributed by atoms with van der Waals surface area (Å²) in [5, 5.41) is 17.8. The Hall–Kier alpha value is -3.55. The normalized spacial score (nSPS) is 16.7. The third kappa shape index (κ3) is 1.99. The van der Waals surface area contributed by atoms with Gasteiger partial charge in [-0.2, -0.15) is 0 Å². The van der Waals surface area contributed by atoms with E-state index in [1.165, 1.54) is 0 Å². The molecular formula is C15H3F3N4. The van der Waals surface area contributed by atoms with Crippen LogP contribution in [-0.4, -0.2) is 0 Å². The van der Waals surface area contributed by atoms with Crippen molar-refractivity contribution in [1.29, 1.82) is 10.5 Å². The second-order valence-electron chi connectivity index (χ2n) is 4.19. The van der Waals surface area contributed by atoms with Crippen LogP contribution in [-0.2, 0) is 0 Å². The topological polar surface area (TPSA) is 56.3 Å². The van der Waals surface area contributed by atoms with Crippen LogP contribution in [0, 0.1) is 53.3 Å². The van der Waals surface area contributed by atoms with E-state index in [9.17, 15) is 13.2 Å². The zero-order valence-corrected chi connectivity index (χ0v) is 10.7. The number of hydrogen-bond acceptors (Lipinski definition) is 2. The number of hydrogen-bond donors (Lipinski definition) is 0. The summed E-state index contributed by atoms with van der Waals surface area (Å²) >= 11 is 0. The predicted octanol–water partition coefficient (Wildman–Crippen LogP) is 3.82. The van der Waals surface area contributed by atoms with E-state index in [1.54, 1.807) is 12.1 Å². The first-order valence-electron chi connectivity index (χ1n) is 5.69. The van der Waals surface area contributed by atoms with Gasteiger partial charge in [0.05, 0.1) is 25.3 Å². The predicted molar refractivity (Wildman–Crippen MR) is 69.2 cm³/mol. The minimum absolute atomic E-state index is 0.0308. The lowest BCUT2D eigenvalue weighted by Gasteiger charge is -2.05. The van der Waals surface area contributed by atoms with E-state index in [0.29, 0.717) is 6.07 Å². The Bertz CT molecular complexity index is 896. The van der Waals surface area contributed by atoms with Crippen molar-refractivity contribution >= 4 is 11.1 Å². The van der Waals surface area contributed by atoms with Crippen LogP contribution in [0.4, 0.5) is 13.2 Å². The van der Waals surface area contributed by atoms with Gasteiger partial charge in [0.25, 0.3) is 11.4 Å². The fourth-order valence-corrected chi connectivity index (χ4v) is 2.22. The van der Waals surface area contributed by atoms with Gasteiger partial charge in [-0.05, 0) is 29.2 Å². The van der Waals surface area contributed by atoms with E-state index in [1.807, 2.05) is 0 Å². The molecule has 0 saturated heterocycles. The number of nitrogens with zero attached hydrogens (tertiary/aromatic N) is 4. The van der Waals surface area contributed by atoms with Crippen molar-refractivity contribution in [1.82, 2.24) is 0 Å². The summed E-state index contributed by atoms with van der Waals surface area (Å²) in [6.07, 6.45) is -0.286. The molecule has 1 aromatic carbocycles. The minimum Gasteiger partial charge on any atom is -0.226 e. The molecule has 0 spiro atoms. The van der Waals surface area contributed by atoms with Gasteiger partial charge in [0, 0.05) is 5.56 Å². The molecule has 0 heterocycles. The Labute approximate surface area is 123 Å². The number of nitriles is 2. The van der Waals surface area contributed by atoms with Gasteiger partial charge >= 0.3 is 0 Å². The lowest BCUT2D eigenvalue weighted by atomic mass is 10.0. The highest BCUT2D eigenvalue weighted by Gasteiger charge is 2.32. The van der Waals surface area contributed by atoms with E-state index >= 15 is 0 Å². The summed E-state index contributed by atoms with van der Waals surface area (Å²) in [5.41, 5.74) is -1.74. The highest BCUT2D eigenvalue weighted by molar-refractivity contribution is 5.97. The summed E-state index contributed by atoms with van der Waals surface area (Å²) in [4.78, 5) is 5.89. The number of benzene rings is 1. The van der Waals surface area contributed by atoms with Crippen molar-refractivity contribution < 1.29 is 13.2 Å². The van der Waals surface area contributed by atoms with Crippen molar-refractivity contribution in [2.45, 2.75) is 6.42 Å². The highest BCUT2D eigenvalue weighted by Crippen LogP contribution is 2.46. The minimum atomic E-state index is -1.74. The van der Waals surface area contributed by atoms with E-state index < -0.39 is 34.4 Å². The molecule has 1 aromatic rings. The summed E-state index contributed by atoms with van der Waals surface area (Å²) in [5.74, 6) is -4.75. The van der Waals surface area contributed by atoms with E-state index in [4.69, 9.17) is 23.7 Å². The van der Waals surface area contributed by atoms with E-state index in [0.717, 1.165) is 0 Å². The van der Waals surface area contributed by atoms with Gasteiger partial charge in [-0.1, -0.05) is 0 Å². The van der Waals surface area contributed by atoms with Gasteiger partial charge in [0.15, 0.2) is 17.5 Å². The molecule has 4 nitrogen and oxygen atoms in total. The van der Waals surface area contributed by atoms with Crippen LogP contribution in [0.5, 0.6) is 0 Å². The molecular weight excluding hydrogens is 293 g/mol. The molecule has 1 aliphatic carbocycles. The monoisotopic (exact) mass is 296 g/mol. The number of fused-ring (bicyclic) bond motifs is 1. The maximum Gasteiger partial charge on any atom is 0.266 e. The molecule has 0 fully saturated rings. The Morgan fingerprint density at radius 1 is 1.00 bits per heavy atom. The first-order valence-corrected chi connectivity index (χ1v) is 5.69. The molecule has 22 heavy (non-hydrogen) atoms. The maximum atomic E-state index is 14.0. The van der Waals surface area contributed by atoms with Crippen molar-refractivity contribution in [3.05, 3.63) is 68.9 Å². The third-order valence-corrected chi connectivity index (χ3v) is 3.15. The Morgan fingerprint density at radius 3 is 2.05 bits per heavy atom. The van der Waals surface area contributed by atoms with Crippen molar-refractivity contribution in [2.75, 3.05) is 0 Å². The maximum absolute atomic E-state index is 14.0. The van der Waals surface area contributed by atoms with Crippen LogP contribution in [0.15, 0.2) is 17.5 Å². The van der Waals surface area contributed by atoms with Gasteiger partial charge in [-0.15, -0.1) is 0 Å². The zero-order chi connectivity index (χ0) is 16.4. The van der Waals surface area contributed by atoms with Gasteiger partial charge in [0.2, 0.25) is 0 Å². The molecule has 0 unspecified atom stereocenters. The Morgan fingerprint density at radius 2 is 1.55 bits per heavy atom. The van der Waals surface area contributed by atoms with Crippen molar-refractivity contribution in [2.24, 2.45) is 0 Å². The van der Waals surface area contributed by atoms with Crippen LogP contribution >= 0.6 is 0 Å². The van der Waals surface area contributed by atoms with Crippen LogP contribution in [0.3, 0.4) is 0 Å². The molecule has 0 atom stereocenters. The molecule has 2 rings (SSSR count). The van der Waals surface area contributed by atoms with Crippen molar-refractivity contribution in [3.63, 3.8) is 0 Å². The second kappa shape index (κ2) is 5.44. The first kappa shape index (κ1) is 14.9. The third-order valence-electron chi connectivity index (χ3n) is 3.15. The van der Waals surface area contributed by atoms with Crippen LogP contribution in [0.2, 0.25) is 0 Å². The smallest absolute Gasteiger partial charge is 0.226 e. The Balaban J connectivity index is 3.01. The average Bonchev–Trinajstić information content (AvgIpc) is 2.87. The SMILES string of the molecule is [C-]#[N+]C(C#N)=C1CC(=C(C#N)[N+]#[C-])c2c1cc(F)c(F)c2F. The van der Waals surface area contributed by atoms with Crippen molar-refractivity contribution in [3.8, 4) is 12.1 Å². The number of halogens is 3. The number of rotatable bonds is 0. The standard InChI is InChI=1S/C15H3F3N4/c1-21-11(5-19)7-3-9(12(6-20)22-2)13-8(7)4-10(16)14(17)15(13)18/h4H,3H2. The zero-order valence-electron chi connectivity index (χ0n) is 10.7. The summed E-state index contributed by atoms with van der Waals surface area (Å²) in [6.45, 7) is 13.8. The molecule has 0 saturated carbocycles. The summed E-state index contributed by atoms with van der Waals surface area (Å²) in [7, 11) is 0. The van der Waals surface area contributed by atoms with E-state index in [2.05, 4.69) is 9.69 Å². The van der Waals surface area contributed by atoms with Crippen LogP contribution in [0.25, 0.3) is 20.8 Å². The van der Waals surface area contributed by atoms with Gasteiger partial charge < -0.3 is 0 Å². The second-order valence-corrected chi connectivity index (χ2v) is 4.19. The molecule has 0 aromatic heterocycles. The molecule has 0 radical (unpaired) electrons. The molecule has 1 aliphatic rings. The van der Waals surface area contributed by atoms with Gasteiger partial charge in [0.1, 0.15) is 0 Å². The van der Waals surface area contributed by atoms with Gasteiger partial charge in [-0.3, -0.25) is 0 Å². The fourth-order valence-electron chi connectivity index (χ4n) is 2.22. The molecule has 7 heteroatoms. The molecule has 0 bridgehead atoms. The van der Waals surface area contributed by atoms with Crippen LogP contribution < -0.4 is 0 Å². The molecule has 0 N–H and O–H groups in total. The van der Waals surface area contributed by atoms with E-state index in [-0.39, 0.29) is 23.1 Å². The van der Waals surface area contributed by atoms with Gasteiger partial charge in [-0.25, -0.2) is 33.4 Å². The van der Waals surface area contributed by atoms with Crippen LogP contribution in [0.1, 0.15) is 17.5 Å². The summed E-state index contributed by atoms with van der Waals surface area (Å²) in [6, 6.07) is 3.80. The largest absolute Gasteiger partial charge is 0.266 e. The average molecular weight is 296 g/mol. The fraction of sp³-hybridized carbons (Fsp3) is 0.0667. The molecule has 104 valence electrons. The lowest BCUT2D eigenvalue weighted by Crippen LogP contribution is -1.98. The molecule has 0 amide bonds. The highest BCUT2D eigenvalue weighted by atomic mass is 19.2.